The lowest BCUT2D eigenvalue weighted by molar-refractivity contribution is 0.122. The molecule has 1 aromatic heterocycles. The number of rotatable bonds is 6. The highest BCUT2D eigenvalue weighted by Crippen LogP contribution is 2.28. The van der Waals surface area contributed by atoms with E-state index in [1.807, 2.05) is 54.6 Å². The van der Waals surface area contributed by atoms with E-state index >= 15 is 0 Å². The van der Waals surface area contributed by atoms with Crippen LogP contribution in [-0.4, -0.2) is 66.4 Å². The minimum atomic E-state index is -0.552. The summed E-state index contributed by atoms with van der Waals surface area (Å²) in [5.74, 6) is 1.75. The molecule has 2 amide bonds. The summed E-state index contributed by atoms with van der Waals surface area (Å²) in [5, 5.41) is 6.62. The summed E-state index contributed by atoms with van der Waals surface area (Å²) in [4.78, 5) is 29.8. The van der Waals surface area contributed by atoms with Crippen LogP contribution in [0.25, 0.3) is 11.4 Å². The Labute approximate surface area is 191 Å². The highest BCUT2D eigenvalue weighted by atomic mass is 16.5. The average Bonchev–Trinajstić information content (AvgIpc) is 2.83. The Morgan fingerprint density at radius 3 is 2.33 bits per heavy atom. The van der Waals surface area contributed by atoms with E-state index < -0.39 is 6.03 Å². The zero-order valence-electron chi connectivity index (χ0n) is 18.1. The van der Waals surface area contributed by atoms with E-state index in [1.165, 1.54) is 4.90 Å². The lowest BCUT2D eigenvalue weighted by Gasteiger charge is -2.30. The number of carbonyl (C=O) groups excluding carboxylic acids is 1. The Balaban J connectivity index is 1.46. The number of ether oxygens (including phenoxy) is 1. The van der Waals surface area contributed by atoms with Gasteiger partial charge in [-0.15, -0.1) is 0 Å². The predicted molar refractivity (Wildman–Crippen MR) is 127 cm³/mol. The molecule has 170 valence electrons. The number of aromatic nitrogens is 3. The topological polar surface area (TPSA) is 122 Å². The fourth-order valence-corrected chi connectivity index (χ4v) is 3.78. The van der Waals surface area contributed by atoms with Crippen LogP contribution >= 0.6 is 0 Å². The summed E-state index contributed by atoms with van der Waals surface area (Å²) < 4.78 is 5.47. The van der Waals surface area contributed by atoms with Crippen LogP contribution in [0.4, 0.5) is 28.1 Å². The monoisotopic (exact) mass is 446 g/mol. The third-order valence-electron chi connectivity index (χ3n) is 5.65. The molecule has 2 fully saturated rings. The SMILES string of the molecule is NC(=O)N(c1ccccc1)c1ccc(-c2nc(NC3CNC3)nc(N3CCOCC3)n2)cc1. The molecule has 3 heterocycles. The number of nitrogens with two attached hydrogens (primary N) is 1. The average molecular weight is 447 g/mol. The van der Waals surface area contributed by atoms with Crippen LogP contribution in [-0.2, 0) is 4.74 Å². The number of hydrogen-bond donors (Lipinski definition) is 3. The van der Waals surface area contributed by atoms with E-state index in [4.69, 9.17) is 15.5 Å². The van der Waals surface area contributed by atoms with E-state index in [-0.39, 0.29) is 0 Å². The first-order valence-electron chi connectivity index (χ1n) is 11.0. The van der Waals surface area contributed by atoms with Crippen molar-refractivity contribution in [3.05, 3.63) is 54.6 Å². The van der Waals surface area contributed by atoms with Crippen molar-refractivity contribution in [3.63, 3.8) is 0 Å². The first-order valence-corrected chi connectivity index (χ1v) is 11.0. The zero-order chi connectivity index (χ0) is 22.6. The van der Waals surface area contributed by atoms with Gasteiger partial charge in [-0.2, -0.15) is 15.0 Å². The molecule has 0 spiro atoms. The third-order valence-corrected chi connectivity index (χ3v) is 5.65. The van der Waals surface area contributed by atoms with Crippen molar-refractivity contribution in [1.82, 2.24) is 20.3 Å². The molecule has 3 aromatic rings. The molecule has 2 aromatic carbocycles. The van der Waals surface area contributed by atoms with Gasteiger partial charge in [0.1, 0.15) is 0 Å². The largest absolute Gasteiger partial charge is 0.378 e. The lowest BCUT2D eigenvalue weighted by atomic mass is 10.1. The Morgan fingerprint density at radius 1 is 1.00 bits per heavy atom. The van der Waals surface area contributed by atoms with Gasteiger partial charge < -0.3 is 26.0 Å². The van der Waals surface area contributed by atoms with Gasteiger partial charge in [0.2, 0.25) is 11.9 Å². The summed E-state index contributed by atoms with van der Waals surface area (Å²) >= 11 is 0. The summed E-state index contributed by atoms with van der Waals surface area (Å²) in [6.07, 6.45) is 0. The second kappa shape index (κ2) is 9.39. The van der Waals surface area contributed by atoms with Gasteiger partial charge in [0.05, 0.1) is 30.6 Å². The minimum absolute atomic E-state index is 0.301. The quantitative estimate of drug-likeness (QED) is 0.526. The number of nitrogens with one attached hydrogen (secondary N) is 2. The van der Waals surface area contributed by atoms with Crippen LogP contribution < -0.4 is 26.2 Å². The van der Waals surface area contributed by atoms with Gasteiger partial charge >= 0.3 is 6.03 Å². The van der Waals surface area contributed by atoms with Crippen molar-refractivity contribution in [2.45, 2.75) is 6.04 Å². The maximum atomic E-state index is 12.1. The molecule has 0 bridgehead atoms. The van der Waals surface area contributed by atoms with Crippen LogP contribution in [0.1, 0.15) is 0 Å². The number of hydrogen-bond acceptors (Lipinski definition) is 8. The number of anilines is 4. The van der Waals surface area contributed by atoms with Gasteiger partial charge in [0, 0.05) is 31.7 Å². The minimum Gasteiger partial charge on any atom is -0.378 e. The second-order valence-corrected chi connectivity index (χ2v) is 7.94. The summed E-state index contributed by atoms with van der Waals surface area (Å²) in [5.41, 5.74) is 7.85. The van der Waals surface area contributed by atoms with Crippen LogP contribution in [0.15, 0.2) is 54.6 Å². The molecule has 2 saturated heterocycles. The maximum Gasteiger partial charge on any atom is 0.323 e. The Bertz CT molecular complexity index is 1100. The highest BCUT2D eigenvalue weighted by molar-refractivity contribution is 5.98. The predicted octanol–water partition coefficient (Wildman–Crippen LogP) is 1.98. The number of carbonyl (C=O) groups is 1. The smallest absolute Gasteiger partial charge is 0.323 e. The van der Waals surface area contributed by atoms with Crippen molar-refractivity contribution in [3.8, 4) is 11.4 Å². The van der Waals surface area contributed by atoms with E-state index in [1.54, 1.807) is 0 Å². The number of primary amides is 1. The molecule has 33 heavy (non-hydrogen) atoms. The fraction of sp³-hybridized carbons (Fsp3) is 0.304. The lowest BCUT2D eigenvalue weighted by Crippen LogP contribution is -2.51. The Hall–Kier alpha value is -3.76. The number of para-hydroxylation sites is 1. The van der Waals surface area contributed by atoms with Gasteiger partial charge in [0.15, 0.2) is 5.82 Å². The van der Waals surface area contributed by atoms with Crippen molar-refractivity contribution in [2.24, 2.45) is 5.73 Å². The van der Waals surface area contributed by atoms with Crippen LogP contribution in [0.2, 0.25) is 0 Å². The van der Waals surface area contributed by atoms with Crippen molar-refractivity contribution in [1.29, 1.82) is 0 Å². The molecule has 5 rings (SSSR count). The molecular formula is C23H26N8O2. The Morgan fingerprint density at radius 2 is 1.70 bits per heavy atom. The fourth-order valence-electron chi connectivity index (χ4n) is 3.78. The molecule has 2 aliphatic rings. The second-order valence-electron chi connectivity index (χ2n) is 7.94. The summed E-state index contributed by atoms with van der Waals surface area (Å²) in [6, 6.07) is 16.5. The van der Waals surface area contributed by atoms with Gasteiger partial charge in [-0.1, -0.05) is 18.2 Å². The number of benzene rings is 2. The van der Waals surface area contributed by atoms with Crippen LogP contribution in [0.3, 0.4) is 0 Å². The van der Waals surface area contributed by atoms with Gasteiger partial charge in [0.25, 0.3) is 0 Å². The normalized spacial score (nSPS) is 16.2. The molecule has 0 atom stereocenters. The first-order chi connectivity index (χ1) is 16.2. The molecule has 0 aliphatic carbocycles. The molecule has 2 aliphatic heterocycles. The highest BCUT2D eigenvalue weighted by Gasteiger charge is 2.21. The van der Waals surface area contributed by atoms with Gasteiger partial charge in [-0.3, -0.25) is 4.90 Å². The Kier molecular flexibility index (Phi) is 6.01. The maximum absolute atomic E-state index is 12.1. The molecule has 0 saturated carbocycles. The van der Waals surface area contributed by atoms with Gasteiger partial charge in [-0.25, -0.2) is 4.79 Å². The molecular weight excluding hydrogens is 420 g/mol. The van der Waals surface area contributed by atoms with E-state index in [2.05, 4.69) is 25.5 Å². The molecule has 0 unspecified atom stereocenters. The third kappa shape index (κ3) is 4.71. The number of morpholine rings is 1. The molecule has 10 heteroatoms. The van der Waals surface area contributed by atoms with Crippen molar-refractivity contribution < 1.29 is 9.53 Å². The van der Waals surface area contributed by atoms with Crippen LogP contribution in [0, 0.1) is 0 Å². The van der Waals surface area contributed by atoms with Crippen molar-refractivity contribution >= 4 is 29.3 Å². The molecule has 10 nitrogen and oxygen atoms in total. The summed E-state index contributed by atoms with van der Waals surface area (Å²) in [6.45, 7) is 4.52. The van der Waals surface area contributed by atoms with E-state index in [0.717, 1.165) is 31.7 Å². The van der Waals surface area contributed by atoms with Gasteiger partial charge in [-0.05, 0) is 36.4 Å². The van der Waals surface area contributed by atoms with Crippen molar-refractivity contribution in [2.75, 3.05) is 54.5 Å². The number of nitrogens with zero attached hydrogens (tertiary/aromatic N) is 5. The number of urea groups is 1. The van der Waals surface area contributed by atoms with E-state index in [0.29, 0.717) is 48.4 Å². The standard InChI is InChI=1S/C23H26N8O2/c24-21(32)31(18-4-2-1-3-5-18)19-8-6-16(7-9-19)20-27-22(26-17-14-25-15-17)29-23(28-20)30-10-12-33-13-11-30/h1-9,17,25H,10-15H2,(H2,24,32)(H,26,27,28,29). The van der Waals surface area contributed by atoms with Crippen LogP contribution in [0.5, 0.6) is 0 Å². The molecule has 0 radical (unpaired) electrons. The summed E-state index contributed by atoms with van der Waals surface area (Å²) in [7, 11) is 0. The molecule has 4 N–H and O–H groups in total. The first kappa shape index (κ1) is 21.1. The number of amides is 2. The zero-order valence-corrected chi connectivity index (χ0v) is 18.1. The van der Waals surface area contributed by atoms with E-state index in [9.17, 15) is 4.79 Å².